The molecular weight excluding hydrogens is 274 g/mol. The lowest BCUT2D eigenvalue weighted by Gasteiger charge is -2.27. The van der Waals surface area contributed by atoms with E-state index in [9.17, 15) is 4.79 Å². The fourth-order valence-corrected chi connectivity index (χ4v) is 3.40. The average molecular weight is 291 g/mol. The largest absolute Gasteiger partial charge is 0.481 e. The summed E-state index contributed by atoms with van der Waals surface area (Å²) >= 11 is 1.51. The molecule has 1 fully saturated rings. The molecule has 3 heterocycles. The maximum Gasteiger partial charge on any atom is 0.303 e. The zero-order valence-corrected chi connectivity index (χ0v) is 12.0. The number of aromatic nitrogens is 2. The molecule has 2 aromatic rings. The number of thiazole rings is 1. The van der Waals surface area contributed by atoms with Crippen molar-refractivity contribution < 1.29 is 9.90 Å². The summed E-state index contributed by atoms with van der Waals surface area (Å²) < 4.78 is 0. The Bertz CT molecular complexity index is 620. The quantitative estimate of drug-likeness (QED) is 0.938. The molecular formula is C14H17N3O2S. The minimum atomic E-state index is -0.786. The molecule has 0 radical (unpaired) electrons. The highest BCUT2D eigenvalue weighted by Gasteiger charge is 2.14. The van der Waals surface area contributed by atoms with Crippen molar-refractivity contribution in [2.24, 2.45) is 0 Å². The summed E-state index contributed by atoms with van der Waals surface area (Å²) in [5.41, 5.74) is 0.871. The standard InChI is InChI=1S/C14H17N3O2S/c18-13(19)7-6-12-15-10-4-5-11(16-14(10)20-12)17-8-2-1-3-9-17/h4-5H,1-3,6-9H2,(H,18,19). The molecule has 3 rings (SSSR count). The zero-order valence-electron chi connectivity index (χ0n) is 11.2. The lowest BCUT2D eigenvalue weighted by atomic mass is 10.1. The molecule has 0 atom stereocenters. The fourth-order valence-electron chi connectivity index (χ4n) is 2.47. The van der Waals surface area contributed by atoms with E-state index in [0.717, 1.165) is 34.3 Å². The smallest absolute Gasteiger partial charge is 0.303 e. The molecule has 0 amide bonds. The van der Waals surface area contributed by atoms with Crippen LogP contribution < -0.4 is 4.90 Å². The third kappa shape index (κ3) is 2.90. The van der Waals surface area contributed by atoms with E-state index >= 15 is 0 Å². The summed E-state index contributed by atoms with van der Waals surface area (Å²) in [6.07, 6.45) is 4.37. The van der Waals surface area contributed by atoms with Crippen LogP contribution in [0.25, 0.3) is 10.3 Å². The second-order valence-corrected chi connectivity index (χ2v) is 6.10. The van der Waals surface area contributed by atoms with Crippen LogP contribution >= 0.6 is 11.3 Å². The van der Waals surface area contributed by atoms with Crippen LogP contribution in [0.15, 0.2) is 12.1 Å². The first-order chi connectivity index (χ1) is 9.72. The number of anilines is 1. The topological polar surface area (TPSA) is 66.3 Å². The molecule has 0 bridgehead atoms. The maximum absolute atomic E-state index is 10.6. The van der Waals surface area contributed by atoms with Crippen LogP contribution in [-0.2, 0) is 11.2 Å². The van der Waals surface area contributed by atoms with Gasteiger partial charge in [-0.15, -0.1) is 0 Å². The molecule has 20 heavy (non-hydrogen) atoms. The number of aryl methyl sites for hydroxylation is 1. The number of hydrogen-bond donors (Lipinski definition) is 1. The summed E-state index contributed by atoms with van der Waals surface area (Å²) in [5, 5.41) is 9.57. The van der Waals surface area contributed by atoms with Gasteiger partial charge in [0.25, 0.3) is 0 Å². The Labute approximate surface area is 121 Å². The van der Waals surface area contributed by atoms with Crippen LogP contribution in [0, 0.1) is 0 Å². The zero-order chi connectivity index (χ0) is 13.9. The van der Waals surface area contributed by atoms with Gasteiger partial charge in [0.2, 0.25) is 0 Å². The fraction of sp³-hybridized carbons (Fsp3) is 0.500. The van der Waals surface area contributed by atoms with Gasteiger partial charge in [-0.25, -0.2) is 9.97 Å². The van der Waals surface area contributed by atoms with Gasteiger partial charge in [0.05, 0.1) is 11.4 Å². The number of hydrogen-bond acceptors (Lipinski definition) is 5. The number of carboxylic acids is 1. The van der Waals surface area contributed by atoms with Gasteiger partial charge < -0.3 is 10.0 Å². The Kier molecular flexibility index (Phi) is 3.82. The number of carbonyl (C=O) groups is 1. The van der Waals surface area contributed by atoms with Crippen molar-refractivity contribution in [1.82, 2.24) is 9.97 Å². The molecule has 1 N–H and O–H groups in total. The Morgan fingerprint density at radius 2 is 2.05 bits per heavy atom. The van der Waals surface area contributed by atoms with Crippen molar-refractivity contribution >= 4 is 33.5 Å². The Morgan fingerprint density at radius 1 is 1.25 bits per heavy atom. The Hall–Kier alpha value is -1.69. The minimum Gasteiger partial charge on any atom is -0.481 e. The van der Waals surface area contributed by atoms with Gasteiger partial charge in [-0.3, -0.25) is 4.79 Å². The van der Waals surface area contributed by atoms with E-state index in [1.807, 2.05) is 12.1 Å². The van der Waals surface area contributed by atoms with E-state index in [1.165, 1.54) is 30.6 Å². The van der Waals surface area contributed by atoms with Gasteiger partial charge >= 0.3 is 5.97 Å². The lowest BCUT2D eigenvalue weighted by Crippen LogP contribution is -2.29. The van der Waals surface area contributed by atoms with Crippen molar-refractivity contribution in [3.63, 3.8) is 0 Å². The average Bonchev–Trinajstić information content (AvgIpc) is 2.88. The van der Waals surface area contributed by atoms with Crippen molar-refractivity contribution in [2.45, 2.75) is 32.1 Å². The van der Waals surface area contributed by atoms with Gasteiger partial charge in [-0.2, -0.15) is 0 Å². The summed E-state index contributed by atoms with van der Waals surface area (Å²) in [4.78, 5) is 23.0. The highest BCUT2D eigenvalue weighted by atomic mass is 32.1. The predicted molar refractivity (Wildman–Crippen MR) is 79.4 cm³/mol. The number of fused-ring (bicyclic) bond motifs is 1. The Morgan fingerprint density at radius 3 is 2.80 bits per heavy atom. The minimum absolute atomic E-state index is 0.124. The first-order valence-electron chi connectivity index (χ1n) is 6.95. The van der Waals surface area contributed by atoms with Gasteiger partial charge in [0.15, 0.2) is 0 Å². The van der Waals surface area contributed by atoms with E-state index < -0.39 is 5.97 Å². The van der Waals surface area contributed by atoms with E-state index in [0.29, 0.717) is 6.42 Å². The molecule has 5 nitrogen and oxygen atoms in total. The third-order valence-corrected chi connectivity index (χ3v) is 4.54. The van der Waals surface area contributed by atoms with E-state index in [4.69, 9.17) is 5.11 Å². The van der Waals surface area contributed by atoms with Gasteiger partial charge in [-0.1, -0.05) is 11.3 Å². The number of aliphatic carboxylic acids is 1. The van der Waals surface area contributed by atoms with E-state index in [-0.39, 0.29) is 6.42 Å². The summed E-state index contributed by atoms with van der Waals surface area (Å²) in [7, 11) is 0. The van der Waals surface area contributed by atoms with E-state index in [2.05, 4.69) is 14.9 Å². The van der Waals surface area contributed by atoms with Crippen molar-refractivity contribution in [2.75, 3.05) is 18.0 Å². The number of nitrogens with zero attached hydrogens (tertiary/aromatic N) is 3. The van der Waals surface area contributed by atoms with Crippen LogP contribution in [0.3, 0.4) is 0 Å². The summed E-state index contributed by atoms with van der Waals surface area (Å²) in [6.45, 7) is 2.15. The molecule has 2 aromatic heterocycles. The first-order valence-corrected chi connectivity index (χ1v) is 7.77. The SMILES string of the molecule is O=C(O)CCc1nc2ccc(N3CCCCC3)nc2s1. The lowest BCUT2D eigenvalue weighted by molar-refractivity contribution is -0.136. The number of carboxylic acid groups (broad SMARTS) is 1. The van der Waals surface area contributed by atoms with Gasteiger partial charge in [0, 0.05) is 19.5 Å². The monoisotopic (exact) mass is 291 g/mol. The van der Waals surface area contributed by atoms with E-state index in [1.54, 1.807) is 0 Å². The van der Waals surface area contributed by atoms with Gasteiger partial charge in [0.1, 0.15) is 16.2 Å². The maximum atomic E-state index is 10.6. The second-order valence-electron chi connectivity index (χ2n) is 5.04. The molecule has 0 aromatic carbocycles. The highest BCUT2D eigenvalue weighted by molar-refractivity contribution is 7.18. The van der Waals surface area contributed by atoms with Crippen molar-refractivity contribution in [1.29, 1.82) is 0 Å². The third-order valence-electron chi connectivity index (χ3n) is 3.52. The van der Waals surface area contributed by atoms with Crippen LogP contribution in [0.4, 0.5) is 5.82 Å². The summed E-state index contributed by atoms with van der Waals surface area (Å²) in [5.74, 6) is 0.233. The van der Waals surface area contributed by atoms with Crippen molar-refractivity contribution in [3.8, 4) is 0 Å². The second kappa shape index (κ2) is 5.75. The molecule has 1 aliphatic rings. The number of piperidine rings is 1. The molecule has 1 saturated heterocycles. The van der Waals surface area contributed by atoms with Crippen LogP contribution in [0.2, 0.25) is 0 Å². The predicted octanol–water partition coefficient (Wildman–Crippen LogP) is 2.70. The molecule has 0 unspecified atom stereocenters. The van der Waals surface area contributed by atoms with Crippen LogP contribution in [-0.4, -0.2) is 34.1 Å². The number of rotatable bonds is 4. The first kappa shape index (κ1) is 13.3. The number of pyridine rings is 1. The normalized spacial score (nSPS) is 15.7. The highest BCUT2D eigenvalue weighted by Crippen LogP contribution is 2.25. The summed E-state index contributed by atoms with van der Waals surface area (Å²) in [6, 6.07) is 4.02. The molecule has 1 aliphatic heterocycles. The van der Waals surface area contributed by atoms with Crippen LogP contribution in [0.5, 0.6) is 0 Å². The molecule has 106 valence electrons. The molecule has 0 aliphatic carbocycles. The van der Waals surface area contributed by atoms with Crippen LogP contribution in [0.1, 0.15) is 30.7 Å². The molecule has 0 spiro atoms. The molecule has 0 saturated carbocycles. The van der Waals surface area contributed by atoms with Crippen molar-refractivity contribution in [3.05, 3.63) is 17.1 Å². The van der Waals surface area contributed by atoms with Gasteiger partial charge in [-0.05, 0) is 31.4 Å². The molecule has 6 heteroatoms. The Balaban J connectivity index is 1.81.